The molecule has 2 heteroatoms. The lowest BCUT2D eigenvalue weighted by Crippen LogP contribution is -1.94. The van der Waals surface area contributed by atoms with E-state index in [1.54, 1.807) is 25.1 Å². The van der Waals surface area contributed by atoms with Crippen molar-refractivity contribution in [3.8, 4) is 5.75 Å². The second kappa shape index (κ2) is 3.39. The van der Waals surface area contributed by atoms with Crippen LogP contribution in [0.5, 0.6) is 5.75 Å². The largest absolute Gasteiger partial charge is 0.505 e. The van der Waals surface area contributed by atoms with Gasteiger partial charge < -0.3 is 5.11 Å². The molecule has 0 aliphatic rings. The summed E-state index contributed by atoms with van der Waals surface area (Å²) in [6.45, 7) is 5.26. The molecule has 0 saturated carbocycles. The van der Waals surface area contributed by atoms with Gasteiger partial charge in [0.05, 0.1) is 0 Å². The molecule has 1 radical (unpaired) electrons. The summed E-state index contributed by atoms with van der Waals surface area (Å²) in [6.07, 6.45) is 1.55. The van der Waals surface area contributed by atoms with Crippen molar-refractivity contribution in [2.24, 2.45) is 0 Å². The number of aromatic hydroxyl groups is 1. The van der Waals surface area contributed by atoms with Crippen molar-refractivity contribution in [1.29, 1.82) is 0 Å². The van der Waals surface area contributed by atoms with E-state index < -0.39 is 5.82 Å². The van der Waals surface area contributed by atoms with Crippen LogP contribution in [0.2, 0.25) is 0 Å². The van der Waals surface area contributed by atoms with E-state index in [9.17, 15) is 4.39 Å². The van der Waals surface area contributed by atoms with Gasteiger partial charge in [0.1, 0.15) is 0 Å². The van der Waals surface area contributed by atoms with Crippen LogP contribution < -0.4 is 0 Å². The van der Waals surface area contributed by atoms with Crippen molar-refractivity contribution in [2.45, 2.75) is 6.92 Å². The van der Waals surface area contributed by atoms with E-state index in [4.69, 9.17) is 5.11 Å². The highest BCUT2D eigenvalue weighted by Gasteiger charge is 2.10. The number of phenols is 1. The fourth-order valence-electron chi connectivity index (χ4n) is 0.934. The normalized spacial score (nSPS) is 10.2. The van der Waals surface area contributed by atoms with Crippen LogP contribution >= 0.6 is 0 Å². The number of rotatable bonds is 2. The summed E-state index contributed by atoms with van der Waals surface area (Å²) < 4.78 is 13.1. The van der Waals surface area contributed by atoms with Gasteiger partial charge in [-0.05, 0) is 6.07 Å². The fraction of sp³-hybridized carbons (Fsp3) is 0.100. The molecule has 0 bridgehead atoms. The molecule has 0 aliphatic heterocycles. The predicted molar refractivity (Wildman–Crippen MR) is 46.3 cm³/mol. The van der Waals surface area contributed by atoms with Crippen LogP contribution in [0.3, 0.4) is 0 Å². The minimum Gasteiger partial charge on any atom is -0.505 e. The molecule has 0 aliphatic carbocycles. The molecular weight excluding hydrogens is 155 g/mol. The molecule has 0 heterocycles. The lowest BCUT2D eigenvalue weighted by molar-refractivity contribution is 0.430. The van der Waals surface area contributed by atoms with Gasteiger partial charge in [-0.15, -0.1) is 6.58 Å². The third kappa shape index (κ3) is 1.47. The van der Waals surface area contributed by atoms with E-state index in [0.29, 0.717) is 11.5 Å². The van der Waals surface area contributed by atoms with Crippen molar-refractivity contribution in [3.63, 3.8) is 0 Å². The Hall–Kier alpha value is -1.31. The Kier molecular flexibility index (Phi) is 2.48. The quantitative estimate of drug-likeness (QED) is 0.714. The average Bonchev–Trinajstić information content (AvgIpc) is 2.08. The molecule has 1 aromatic rings. The predicted octanol–water partition coefficient (Wildman–Crippen LogP) is 2.66. The molecule has 0 fully saturated rings. The molecule has 0 aromatic heterocycles. The van der Waals surface area contributed by atoms with Crippen LogP contribution in [-0.2, 0) is 0 Å². The molecule has 0 unspecified atom stereocenters. The van der Waals surface area contributed by atoms with E-state index >= 15 is 0 Å². The third-order valence-corrected chi connectivity index (χ3v) is 1.71. The van der Waals surface area contributed by atoms with E-state index in [0.717, 1.165) is 0 Å². The summed E-state index contributed by atoms with van der Waals surface area (Å²) in [7, 11) is 0. The Morgan fingerprint density at radius 2 is 2.25 bits per heavy atom. The van der Waals surface area contributed by atoms with E-state index in [2.05, 4.69) is 6.58 Å². The van der Waals surface area contributed by atoms with Crippen molar-refractivity contribution >= 4 is 0 Å². The molecule has 1 N–H and O–H groups in total. The van der Waals surface area contributed by atoms with Crippen molar-refractivity contribution in [3.05, 3.63) is 48.2 Å². The van der Waals surface area contributed by atoms with E-state index in [-0.39, 0.29) is 5.75 Å². The molecule has 0 spiro atoms. The first-order valence-electron chi connectivity index (χ1n) is 3.60. The van der Waals surface area contributed by atoms with Gasteiger partial charge in [-0.1, -0.05) is 25.1 Å². The van der Waals surface area contributed by atoms with Gasteiger partial charge >= 0.3 is 0 Å². The van der Waals surface area contributed by atoms with Gasteiger partial charge in [0.25, 0.3) is 0 Å². The minimum absolute atomic E-state index is 0.325. The van der Waals surface area contributed by atoms with Gasteiger partial charge in [0, 0.05) is 11.5 Å². The lowest BCUT2D eigenvalue weighted by atomic mass is 10.0. The Labute approximate surface area is 71.2 Å². The fourth-order valence-corrected chi connectivity index (χ4v) is 0.934. The Balaban J connectivity index is 3.15. The highest BCUT2D eigenvalue weighted by molar-refractivity contribution is 5.41. The Morgan fingerprint density at radius 1 is 1.58 bits per heavy atom. The standard InChI is InChI=1S/C10H10FO/c1-3-7(2)8-5-4-6-9(12)10(8)11/h3-6,12H,1H2,2H3. The minimum atomic E-state index is -0.588. The Bertz CT molecular complexity index is 294. The first-order chi connectivity index (χ1) is 5.66. The summed E-state index contributed by atoms with van der Waals surface area (Å²) in [6, 6.07) is 4.52. The SMILES string of the molecule is C=C[C](C)c1cccc(O)c1F. The van der Waals surface area contributed by atoms with Gasteiger partial charge in [-0.2, -0.15) is 0 Å². The zero-order valence-electron chi connectivity index (χ0n) is 6.84. The number of phenolic OH excluding ortho intramolecular Hbond substituents is 1. The number of benzene rings is 1. The maximum Gasteiger partial charge on any atom is 0.168 e. The van der Waals surface area contributed by atoms with Crippen LogP contribution in [0.4, 0.5) is 4.39 Å². The molecule has 0 atom stereocenters. The van der Waals surface area contributed by atoms with Gasteiger partial charge in [-0.25, -0.2) is 4.39 Å². The first kappa shape index (κ1) is 8.78. The van der Waals surface area contributed by atoms with Crippen LogP contribution in [0.15, 0.2) is 30.9 Å². The maximum atomic E-state index is 13.1. The summed E-state index contributed by atoms with van der Waals surface area (Å²) in [5, 5.41) is 9.02. The molecule has 63 valence electrons. The zero-order chi connectivity index (χ0) is 9.14. The number of halogens is 1. The molecular formula is C10H10FO. The summed E-state index contributed by atoms with van der Waals surface area (Å²) in [4.78, 5) is 0. The van der Waals surface area contributed by atoms with Crippen molar-refractivity contribution < 1.29 is 9.50 Å². The monoisotopic (exact) mass is 165 g/mol. The maximum absolute atomic E-state index is 13.1. The molecule has 0 amide bonds. The third-order valence-electron chi connectivity index (χ3n) is 1.71. The van der Waals surface area contributed by atoms with Crippen LogP contribution in [0.25, 0.3) is 0 Å². The lowest BCUT2D eigenvalue weighted by Gasteiger charge is -2.07. The van der Waals surface area contributed by atoms with E-state index in [1.807, 2.05) is 0 Å². The highest BCUT2D eigenvalue weighted by Crippen LogP contribution is 2.24. The summed E-state index contributed by atoms with van der Waals surface area (Å²) in [5.41, 5.74) is 0.394. The zero-order valence-corrected chi connectivity index (χ0v) is 6.84. The van der Waals surface area contributed by atoms with Gasteiger partial charge in [-0.3, -0.25) is 0 Å². The van der Waals surface area contributed by atoms with Crippen LogP contribution in [0, 0.1) is 11.7 Å². The topological polar surface area (TPSA) is 20.2 Å². The van der Waals surface area contributed by atoms with E-state index in [1.165, 1.54) is 6.07 Å². The number of allylic oxidation sites excluding steroid dienone is 1. The molecule has 1 aromatic carbocycles. The van der Waals surface area contributed by atoms with Crippen LogP contribution in [0.1, 0.15) is 12.5 Å². The second-order valence-electron chi connectivity index (χ2n) is 2.53. The smallest absolute Gasteiger partial charge is 0.168 e. The van der Waals surface area contributed by atoms with Gasteiger partial charge in [0.2, 0.25) is 0 Å². The molecule has 0 saturated heterocycles. The molecule has 1 nitrogen and oxygen atoms in total. The summed E-state index contributed by atoms with van der Waals surface area (Å²) in [5.74, 6) is -0.202. The van der Waals surface area contributed by atoms with Gasteiger partial charge in [0.15, 0.2) is 11.6 Å². The Morgan fingerprint density at radius 3 is 2.83 bits per heavy atom. The number of hydrogen-bond acceptors (Lipinski definition) is 1. The number of hydrogen-bond donors (Lipinski definition) is 1. The molecule has 12 heavy (non-hydrogen) atoms. The first-order valence-corrected chi connectivity index (χ1v) is 3.60. The molecule has 1 rings (SSSR count). The van der Waals surface area contributed by atoms with Crippen molar-refractivity contribution in [1.82, 2.24) is 0 Å². The summed E-state index contributed by atoms with van der Waals surface area (Å²) >= 11 is 0. The second-order valence-corrected chi connectivity index (χ2v) is 2.53. The average molecular weight is 165 g/mol. The van der Waals surface area contributed by atoms with Crippen LogP contribution in [-0.4, -0.2) is 5.11 Å². The highest BCUT2D eigenvalue weighted by atomic mass is 19.1. The van der Waals surface area contributed by atoms with Crippen molar-refractivity contribution in [2.75, 3.05) is 0 Å².